The van der Waals surface area contributed by atoms with E-state index in [-0.39, 0.29) is 46.1 Å². The third-order valence-electron chi connectivity index (χ3n) is 9.11. The first-order chi connectivity index (χ1) is 16.5. The number of benzene rings is 2. The molecule has 0 heterocycles. The third-order valence-corrected chi connectivity index (χ3v) is 9.11. The number of carbonyl (C=O) groups excluding carboxylic acids is 2. The zero-order valence-corrected chi connectivity index (χ0v) is 21.5. The van der Waals surface area contributed by atoms with E-state index < -0.39 is 0 Å². The van der Waals surface area contributed by atoms with Crippen molar-refractivity contribution in [3.63, 3.8) is 0 Å². The molecule has 6 aliphatic carbocycles. The maximum absolute atomic E-state index is 14.2. The Kier molecular flexibility index (Phi) is 3.90. The Morgan fingerprint density at radius 2 is 0.971 bits per heavy atom. The molecule has 2 nitrogen and oxygen atoms in total. The number of carbonyl (C=O) groups is 2. The van der Waals surface area contributed by atoms with Crippen molar-refractivity contribution in [2.45, 2.75) is 70.6 Å². The van der Waals surface area contributed by atoms with Gasteiger partial charge in [0.25, 0.3) is 0 Å². The minimum atomic E-state index is -0.162. The topological polar surface area (TPSA) is 34.1 Å². The lowest BCUT2D eigenvalue weighted by Crippen LogP contribution is -2.39. The molecule has 4 unspecified atom stereocenters. The first kappa shape index (κ1) is 21.3. The summed E-state index contributed by atoms with van der Waals surface area (Å²) >= 11 is 0. The predicted octanol–water partition coefficient (Wildman–Crippen LogP) is 6.82. The van der Waals surface area contributed by atoms with Crippen molar-refractivity contribution in [3.8, 4) is 0 Å². The van der Waals surface area contributed by atoms with E-state index in [2.05, 4.69) is 90.1 Å². The van der Waals surface area contributed by atoms with Crippen LogP contribution in [0, 0.1) is 11.8 Å². The average Bonchev–Trinajstić information content (AvgIpc) is 3.42. The molecule has 0 radical (unpaired) electrons. The van der Waals surface area contributed by atoms with Crippen LogP contribution in [-0.2, 0) is 20.4 Å². The van der Waals surface area contributed by atoms with Gasteiger partial charge in [0.05, 0.1) is 0 Å². The van der Waals surface area contributed by atoms with Gasteiger partial charge in [0.1, 0.15) is 0 Å². The minimum Gasteiger partial charge on any atom is -0.289 e. The molecule has 0 fully saturated rings. The molecule has 2 aromatic rings. The normalized spacial score (nSPS) is 27.9. The van der Waals surface area contributed by atoms with E-state index in [9.17, 15) is 9.59 Å². The lowest BCUT2D eigenvalue weighted by Gasteiger charge is -2.45. The molecule has 0 N–H and O–H groups in total. The predicted molar refractivity (Wildman–Crippen MR) is 139 cm³/mol. The summed E-state index contributed by atoms with van der Waals surface area (Å²) in [7, 11) is 0. The molecule has 0 aliphatic heterocycles. The van der Waals surface area contributed by atoms with Crippen LogP contribution in [0.3, 0.4) is 0 Å². The van der Waals surface area contributed by atoms with Gasteiger partial charge in [-0.3, -0.25) is 9.59 Å². The van der Waals surface area contributed by atoms with Gasteiger partial charge < -0.3 is 0 Å². The van der Waals surface area contributed by atoms with Crippen LogP contribution in [0.5, 0.6) is 0 Å². The first-order valence-corrected chi connectivity index (χ1v) is 13.0. The van der Waals surface area contributed by atoms with Gasteiger partial charge in [-0.1, -0.05) is 90.1 Å². The van der Waals surface area contributed by atoms with Crippen LogP contribution in [0.2, 0.25) is 0 Å². The fraction of sp³-hybridized carbons (Fsp3) is 0.394. The standard InChI is InChI=1S/C33H32O2/c1-32(2,3)18-9-11-20-22(14-18)26-21-12-10-19(33(4,5)6)15-23(21)27(20)29-28(26)30(34)24-16-7-8-17(13-16)25(24)31(29)35/h7-12,14-17,26-27H,13H2,1-6H3. The molecule has 6 aliphatic rings. The average molecular weight is 461 g/mol. The van der Waals surface area contributed by atoms with Gasteiger partial charge in [0, 0.05) is 46.0 Å². The number of allylic oxidation sites excluding steroid dienone is 6. The molecular weight excluding hydrogens is 428 g/mol. The fourth-order valence-corrected chi connectivity index (χ4v) is 7.28. The van der Waals surface area contributed by atoms with Gasteiger partial charge in [0.15, 0.2) is 11.6 Å². The fourth-order valence-electron chi connectivity index (χ4n) is 7.28. The molecule has 4 bridgehead atoms. The quantitative estimate of drug-likeness (QED) is 0.319. The smallest absolute Gasteiger partial charge is 0.187 e. The van der Waals surface area contributed by atoms with Gasteiger partial charge in [-0.25, -0.2) is 0 Å². The Labute approximate surface area is 207 Å². The van der Waals surface area contributed by atoms with Crippen LogP contribution in [-0.4, -0.2) is 11.6 Å². The van der Waals surface area contributed by atoms with Gasteiger partial charge in [0.2, 0.25) is 0 Å². The summed E-state index contributed by atoms with van der Waals surface area (Å²) in [5, 5.41) is 0. The number of rotatable bonds is 0. The van der Waals surface area contributed by atoms with Crippen LogP contribution in [0.1, 0.15) is 93.2 Å². The number of hydrogen-bond donors (Lipinski definition) is 0. The molecule has 8 rings (SSSR count). The minimum absolute atomic E-state index is 0.0132. The highest BCUT2D eigenvalue weighted by Gasteiger charge is 2.55. The second-order valence-corrected chi connectivity index (χ2v) is 13.2. The summed E-state index contributed by atoms with van der Waals surface area (Å²) in [6.45, 7) is 13.4. The Morgan fingerprint density at radius 1 is 0.571 bits per heavy atom. The van der Waals surface area contributed by atoms with E-state index in [1.807, 2.05) is 0 Å². The second kappa shape index (κ2) is 6.40. The number of hydrogen-bond acceptors (Lipinski definition) is 2. The van der Waals surface area contributed by atoms with Crippen LogP contribution >= 0.6 is 0 Å². The Morgan fingerprint density at radius 3 is 1.34 bits per heavy atom. The van der Waals surface area contributed by atoms with E-state index in [0.29, 0.717) is 0 Å². The highest BCUT2D eigenvalue weighted by molar-refractivity contribution is 6.29. The van der Waals surface area contributed by atoms with Gasteiger partial charge in [-0.15, -0.1) is 0 Å². The van der Waals surface area contributed by atoms with Crippen molar-refractivity contribution < 1.29 is 9.59 Å². The molecule has 0 saturated carbocycles. The summed E-state index contributed by atoms with van der Waals surface area (Å²) < 4.78 is 0. The second-order valence-electron chi connectivity index (χ2n) is 13.2. The molecule has 4 atom stereocenters. The lowest BCUT2D eigenvalue weighted by molar-refractivity contribution is -0.117. The van der Waals surface area contributed by atoms with Crippen molar-refractivity contribution in [3.05, 3.63) is 104 Å². The number of fused-ring (bicyclic) bond motifs is 4. The monoisotopic (exact) mass is 460 g/mol. The van der Waals surface area contributed by atoms with Gasteiger partial charge in [-0.05, 0) is 50.6 Å². The van der Waals surface area contributed by atoms with Crippen molar-refractivity contribution in [2.24, 2.45) is 11.8 Å². The first-order valence-electron chi connectivity index (χ1n) is 13.0. The SMILES string of the molecule is CC(C)(C)c1ccc2c(c1)C1C3=C(C(=O)C4=C(C3=O)C3C=CC4C3)C2c2cc(C(C)(C)C)ccc21. The van der Waals surface area contributed by atoms with Crippen LogP contribution in [0.4, 0.5) is 0 Å². The maximum Gasteiger partial charge on any atom is 0.187 e. The molecule has 176 valence electrons. The maximum atomic E-state index is 14.2. The zero-order chi connectivity index (χ0) is 24.6. The molecule has 0 spiro atoms. The summed E-state index contributed by atoms with van der Waals surface area (Å²) in [4.78, 5) is 28.4. The summed E-state index contributed by atoms with van der Waals surface area (Å²) in [6, 6.07) is 13.6. The number of Topliss-reactive ketones (excluding diaryl/α,β-unsaturated/α-hetero) is 2. The Balaban J connectivity index is 1.50. The molecule has 0 aromatic heterocycles. The largest absolute Gasteiger partial charge is 0.289 e. The van der Waals surface area contributed by atoms with E-state index in [4.69, 9.17) is 0 Å². The summed E-state index contributed by atoms with van der Waals surface area (Å²) in [5.41, 5.74) is 10.6. The van der Waals surface area contributed by atoms with Crippen LogP contribution in [0.25, 0.3) is 0 Å². The number of ketones is 2. The van der Waals surface area contributed by atoms with Crippen LogP contribution in [0.15, 0.2) is 70.8 Å². The van der Waals surface area contributed by atoms with Crippen molar-refractivity contribution in [2.75, 3.05) is 0 Å². The van der Waals surface area contributed by atoms with E-state index in [1.54, 1.807) is 0 Å². The van der Waals surface area contributed by atoms with E-state index in [0.717, 1.165) is 28.7 Å². The van der Waals surface area contributed by atoms with Crippen molar-refractivity contribution in [1.29, 1.82) is 0 Å². The molecule has 0 saturated heterocycles. The molecule has 2 heteroatoms. The van der Waals surface area contributed by atoms with E-state index >= 15 is 0 Å². The zero-order valence-electron chi connectivity index (χ0n) is 21.5. The van der Waals surface area contributed by atoms with Crippen LogP contribution < -0.4 is 0 Å². The Hall–Kier alpha value is -3.00. The van der Waals surface area contributed by atoms with Gasteiger partial charge >= 0.3 is 0 Å². The Bertz CT molecular complexity index is 1370. The van der Waals surface area contributed by atoms with Gasteiger partial charge in [-0.2, -0.15) is 0 Å². The molecule has 35 heavy (non-hydrogen) atoms. The summed E-state index contributed by atoms with van der Waals surface area (Å²) in [5.74, 6) is 0.181. The lowest BCUT2D eigenvalue weighted by atomic mass is 9.56. The van der Waals surface area contributed by atoms with Crippen molar-refractivity contribution in [1.82, 2.24) is 0 Å². The highest BCUT2D eigenvalue weighted by Crippen LogP contribution is 2.61. The third kappa shape index (κ3) is 2.61. The highest BCUT2D eigenvalue weighted by atomic mass is 16.1. The molecular formula is C33H32O2. The molecule has 0 amide bonds. The summed E-state index contributed by atoms with van der Waals surface area (Å²) in [6.07, 6.45) is 5.19. The van der Waals surface area contributed by atoms with Crippen molar-refractivity contribution >= 4 is 11.6 Å². The molecule has 2 aromatic carbocycles. The van der Waals surface area contributed by atoms with E-state index in [1.165, 1.54) is 33.4 Å².